The Morgan fingerprint density at radius 2 is 1.96 bits per heavy atom. The van der Waals surface area contributed by atoms with Crippen LogP contribution in [0, 0.1) is 5.92 Å². The lowest BCUT2D eigenvalue weighted by atomic mass is 9.93. The van der Waals surface area contributed by atoms with Gasteiger partial charge < -0.3 is 4.90 Å². The first-order valence-corrected chi connectivity index (χ1v) is 9.95. The van der Waals surface area contributed by atoms with Gasteiger partial charge in [-0.3, -0.25) is 9.78 Å². The van der Waals surface area contributed by atoms with Gasteiger partial charge in [0.05, 0.1) is 17.6 Å². The van der Waals surface area contributed by atoms with Crippen LogP contribution < -0.4 is 0 Å². The molecule has 1 aliphatic carbocycles. The molecular weight excluding hydrogens is 346 g/mol. The van der Waals surface area contributed by atoms with Crippen LogP contribution in [0.15, 0.2) is 36.7 Å². The predicted molar refractivity (Wildman–Crippen MR) is 103 cm³/mol. The summed E-state index contributed by atoms with van der Waals surface area (Å²) in [5.74, 6) is 0.865. The molecule has 0 radical (unpaired) electrons. The first-order chi connectivity index (χ1) is 12.7. The first kappa shape index (κ1) is 17.5. The van der Waals surface area contributed by atoms with Crippen molar-refractivity contribution >= 4 is 17.5 Å². The van der Waals surface area contributed by atoms with Crippen molar-refractivity contribution in [3.8, 4) is 11.3 Å². The summed E-state index contributed by atoms with van der Waals surface area (Å²) in [6.07, 6.45) is 10.2. The highest BCUT2D eigenvalue weighted by atomic mass is 35.5. The van der Waals surface area contributed by atoms with Crippen LogP contribution in [-0.4, -0.2) is 33.9 Å². The van der Waals surface area contributed by atoms with E-state index in [0.717, 1.165) is 55.7 Å². The maximum atomic E-state index is 12.8. The van der Waals surface area contributed by atoms with Crippen molar-refractivity contribution in [2.75, 3.05) is 13.1 Å². The Labute approximate surface area is 159 Å². The molecule has 5 heteroatoms. The number of rotatable bonds is 3. The zero-order valence-corrected chi connectivity index (χ0v) is 15.7. The lowest BCUT2D eigenvalue weighted by Crippen LogP contribution is -2.42. The highest BCUT2D eigenvalue weighted by Gasteiger charge is 2.31. The van der Waals surface area contributed by atoms with Crippen LogP contribution in [0.2, 0.25) is 5.02 Å². The molecule has 1 saturated carbocycles. The van der Waals surface area contributed by atoms with E-state index in [-0.39, 0.29) is 11.8 Å². The fourth-order valence-corrected chi connectivity index (χ4v) is 4.40. The fraction of sp³-hybridized carbons (Fsp3) is 0.476. The van der Waals surface area contributed by atoms with Crippen molar-refractivity contribution < 1.29 is 4.79 Å². The quantitative estimate of drug-likeness (QED) is 0.788. The minimum absolute atomic E-state index is 0.248. The molecule has 0 bridgehead atoms. The monoisotopic (exact) mass is 369 g/mol. The Bertz CT molecular complexity index is 788. The van der Waals surface area contributed by atoms with E-state index in [2.05, 4.69) is 9.88 Å². The first-order valence-electron chi connectivity index (χ1n) is 9.57. The molecule has 1 aromatic carbocycles. The van der Waals surface area contributed by atoms with Gasteiger partial charge >= 0.3 is 0 Å². The third-order valence-corrected chi connectivity index (χ3v) is 5.86. The molecule has 4 nitrogen and oxygen atoms in total. The lowest BCUT2D eigenvalue weighted by molar-refractivity contribution is -0.136. The summed E-state index contributed by atoms with van der Waals surface area (Å²) in [4.78, 5) is 24.1. The molecule has 4 rings (SSSR count). The van der Waals surface area contributed by atoms with E-state index in [9.17, 15) is 4.79 Å². The third kappa shape index (κ3) is 3.75. The van der Waals surface area contributed by atoms with E-state index < -0.39 is 0 Å². The number of nitrogens with zero attached hydrogens (tertiary/aromatic N) is 3. The predicted octanol–water partition coefficient (Wildman–Crippen LogP) is 4.69. The second kappa shape index (κ2) is 7.75. The summed E-state index contributed by atoms with van der Waals surface area (Å²) in [6.45, 7) is 1.65. The number of carbonyl (C=O) groups excluding carboxylic acids is 1. The molecule has 1 aliphatic heterocycles. The summed E-state index contributed by atoms with van der Waals surface area (Å²) in [5.41, 5.74) is 2.79. The van der Waals surface area contributed by atoms with Crippen LogP contribution in [0.1, 0.15) is 50.1 Å². The molecule has 2 aliphatic rings. The van der Waals surface area contributed by atoms with Crippen molar-refractivity contribution in [3.05, 3.63) is 47.4 Å². The van der Waals surface area contributed by atoms with Crippen molar-refractivity contribution in [1.82, 2.24) is 14.9 Å². The van der Waals surface area contributed by atoms with Gasteiger partial charge in [-0.15, -0.1) is 0 Å². The van der Waals surface area contributed by atoms with Gasteiger partial charge in [0.15, 0.2) is 0 Å². The highest BCUT2D eigenvalue weighted by molar-refractivity contribution is 6.30. The minimum atomic E-state index is 0.248. The number of hydrogen-bond acceptors (Lipinski definition) is 3. The van der Waals surface area contributed by atoms with Crippen LogP contribution >= 0.6 is 11.6 Å². The van der Waals surface area contributed by atoms with Gasteiger partial charge in [-0.1, -0.05) is 36.6 Å². The Morgan fingerprint density at radius 1 is 1.12 bits per heavy atom. The molecule has 1 saturated heterocycles. The SMILES string of the molecule is O=C(C1CCCC1)N1CCCC(c2cncc(-c3cccc(Cl)c3)n2)C1. The number of carbonyl (C=O) groups is 1. The average molecular weight is 370 g/mol. The molecule has 2 heterocycles. The Kier molecular flexibility index (Phi) is 5.21. The van der Waals surface area contributed by atoms with E-state index >= 15 is 0 Å². The summed E-state index contributed by atoms with van der Waals surface area (Å²) in [7, 11) is 0. The van der Waals surface area contributed by atoms with Crippen molar-refractivity contribution in [2.45, 2.75) is 44.4 Å². The van der Waals surface area contributed by atoms with E-state index in [1.807, 2.05) is 30.5 Å². The average Bonchev–Trinajstić information content (AvgIpc) is 3.22. The summed E-state index contributed by atoms with van der Waals surface area (Å²) in [6, 6.07) is 7.69. The normalized spacial score (nSPS) is 21.1. The molecule has 2 aromatic rings. The van der Waals surface area contributed by atoms with Crippen LogP contribution in [0.25, 0.3) is 11.3 Å². The Balaban J connectivity index is 1.51. The Hall–Kier alpha value is -1.94. The number of amides is 1. The highest BCUT2D eigenvalue weighted by Crippen LogP contribution is 2.31. The summed E-state index contributed by atoms with van der Waals surface area (Å²) >= 11 is 6.11. The van der Waals surface area contributed by atoms with Crippen molar-refractivity contribution in [1.29, 1.82) is 0 Å². The third-order valence-electron chi connectivity index (χ3n) is 5.63. The second-order valence-corrected chi connectivity index (χ2v) is 7.88. The second-order valence-electron chi connectivity index (χ2n) is 7.44. The zero-order valence-electron chi connectivity index (χ0n) is 14.9. The fourth-order valence-electron chi connectivity index (χ4n) is 4.21. The molecule has 136 valence electrons. The minimum Gasteiger partial charge on any atom is -0.342 e. The van der Waals surface area contributed by atoms with E-state index in [1.165, 1.54) is 12.8 Å². The number of aromatic nitrogens is 2. The number of piperidine rings is 1. The van der Waals surface area contributed by atoms with Gasteiger partial charge in [-0.05, 0) is 37.8 Å². The van der Waals surface area contributed by atoms with E-state index in [4.69, 9.17) is 16.6 Å². The number of likely N-dealkylation sites (tertiary alicyclic amines) is 1. The maximum Gasteiger partial charge on any atom is 0.225 e. The molecule has 2 fully saturated rings. The van der Waals surface area contributed by atoms with Crippen LogP contribution in [0.4, 0.5) is 0 Å². The molecule has 1 aromatic heterocycles. The van der Waals surface area contributed by atoms with Gasteiger partial charge in [0, 0.05) is 41.7 Å². The van der Waals surface area contributed by atoms with Gasteiger partial charge in [0.1, 0.15) is 0 Å². The number of benzene rings is 1. The topological polar surface area (TPSA) is 46.1 Å². The van der Waals surface area contributed by atoms with E-state index in [1.54, 1.807) is 6.20 Å². The molecular formula is C21H24ClN3O. The maximum absolute atomic E-state index is 12.8. The van der Waals surface area contributed by atoms with Gasteiger partial charge in [0.2, 0.25) is 5.91 Å². The van der Waals surface area contributed by atoms with Crippen molar-refractivity contribution in [3.63, 3.8) is 0 Å². The number of halogens is 1. The van der Waals surface area contributed by atoms with Gasteiger partial charge in [-0.2, -0.15) is 0 Å². The van der Waals surface area contributed by atoms with Crippen LogP contribution in [0.3, 0.4) is 0 Å². The standard InChI is InChI=1S/C21H24ClN3O/c22-18-9-3-7-16(11-18)19-12-23-13-20(24-19)17-8-4-10-25(14-17)21(26)15-5-1-2-6-15/h3,7,9,11-13,15,17H,1-2,4-6,8,10,14H2. The molecule has 0 N–H and O–H groups in total. The molecule has 1 unspecified atom stereocenters. The lowest BCUT2D eigenvalue weighted by Gasteiger charge is -2.34. The molecule has 1 amide bonds. The molecule has 26 heavy (non-hydrogen) atoms. The van der Waals surface area contributed by atoms with Gasteiger partial charge in [-0.25, -0.2) is 4.98 Å². The van der Waals surface area contributed by atoms with E-state index in [0.29, 0.717) is 10.9 Å². The smallest absolute Gasteiger partial charge is 0.225 e. The Morgan fingerprint density at radius 3 is 2.77 bits per heavy atom. The zero-order chi connectivity index (χ0) is 17.9. The largest absolute Gasteiger partial charge is 0.342 e. The summed E-state index contributed by atoms with van der Waals surface area (Å²) < 4.78 is 0. The van der Waals surface area contributed by atoms with Crippen molar-refractivity contribution in [2.24, 2.45) is 5.92 Å². The van der Waals surface area contributed by atoms with Crippen LogP contribution in [0.5, 0.6) is 0 Å². The summed E-state index contributed by atoms with van der Waals surface area (Å²) in [5, 5.41) is 0.695. The van der Waals surface area contributed by atoms with Gasteiger partial charge in [0.25, 0.3) is 0 Å². The number of hydrogen-bond donors (Lipinski definition) is 0. The molecule has 1 atom stereocenters. The van der Waals surface area contributed by atoms with Crippen LogP contribution in [-0.2, 0) is 4.79 Å². The molecule has 0 spiro atoms.